The third-order valence-corrected chi connectivity index (χ3v) is 10.6. The van der Waals surface area contributed by atoms with Gasteiger partial charge in [0.2, 0.25) is 5.91 Å². The van der Waals surface area contributed by atoms with E-state index in [2.05, 4.69) is 26.1 Å². The maximum Gasteiger partial charge on any atom is 0.312 e. The summed E-state index contributed by atoms with van der Waals surface area (Å²) < 4.78 is 11.2. The molecule has 4 rings (SSSR count). The van der Waals surface area contributed by atoms with Gasteiger partial charge in [0.05, 0.1) is 18.6 Å². The van der Waals surface area contributed by atoms with E-state index < -0.39 is 5.41 Å². The maximum absolute atomic E-state index is 13.2. The zero-order valence-corrected chi connectivity index (χ0v) is 21.4. The lowest BCUT2D eigenvalue weighted by Gasteiger charge is -2.65. The molecule has 0 saturated heterocycles. The van der Waals surface area contributed by atoms with E-state index in [9.17, 15) is 14.4 Å². The summed E-state index contributed by atoms with van der Waals surface area (Å²) in [5.74, 6) is 0.552. The first-order chi connectivity index (χ1) is 15.4. The Bertz CT molecular complexity index is 827. The standard InChI is InChI=1S/C27H43NO5/c1-7-32-23(31)26(6)12-8-11-25(5)20(26)10-14-27-16-24(4,13-9-21(25)27)22(28-17(2)29)19(27)15-33-18(3)30/h19-22H,7-16H2,1-6H3,(H,28,29)/t19-,20+,21+,22-,24+,25-,26-,27-/m1/s1. The summed E-state index contributed by atoms with van der Waals surface area (Å²) in [6, 6.07) is 0.0135. The lowest BCUT2D eigenvalue weighted by molar-refractivity contribution is -0.194. The molecule has 0 aliphatic heterocycles. The molecule has 0 unspecified atom stereocenters. The molecule has 1 amide bonds. The van der Waals surface area contributed by atoms with Crippen molar-refractivity contribution in [2.75, 3.05) is 13.2 Å². The predicted octanol–water partition coefficient (Wildman–Crippen LogP) is 4.65. The minimum absolute atomic E-state index is 0.00922. The molecule has 6 heteroatoms. The Balaban J connectivity index is 1.74. The highest BCUT2D eigenvalue weighted by atomic mass is 16.5. The lowest BCUT2D eigenvalue weighted by atomic mass is 9.39. The van der Waals surface area contributed by atoms with Gasteiger partial charge in [0.25, 0.3) is 0 Å². The van der Waals surface area contributed by atoms with E-state index in [0.717, 1.165) is 51.4 Å². The second-order valence-electron chi connectivity index (χ2n) is 12.3. The van der Waals surface area contributed by atoms with Crippen LogP contribution in [0.25, 0.3) is 0 Å². The Kier molecular flexibility index (Phi) is 6.14. The summed E-state index contributed by atoms with van der Waals surface area (Å²) in [4.78, 5) is 37.2. The van der Waals surface area contributed by atoms with Gasteiger partial charge in [0, 0.05) is 25.8 Å². The van der Waals surface area contributed by atoms with E-state index in [0.29, 0.717) is 25.0 Å². The number of hydrogen-bond acceptors (Lipinski definition) is 5. The number of esters is 2. The third kappa shape index (κ3) is 3.61. The fourth-order valence-corrected chi connectivity index (χ4v) is 9.53. The summed E-state index contributed by atoms with van der Waals surface area (Å²) in [5, 5.41) is 3.29. The number of amides is 1. The van der Waals surface area contributed by atoms with Crippen molar-refractivity contribution in [2.24, 2.45) is 39.4 Å². The molecular weight excluding hydrogens is 418 g/mol. The lowest BCUT2D eigenvalue weighted by Crippen LogP contribution is -2.60. The van der Waals surface area contributed by atoms with Crippen molar-refractivity contribution in [3.63, 3.8) is 0 Å². The Morgan fingerprint density at radius 1 is 0.939 bits per heavy atom. The van der Waals surface area contributed by atoms with Gasteiger partial charge in [-0.2, -0.15) is 0 Å². The van der Waals surface area contributed by atoms with Gasteiger partial charge in [-0.25, -0.2) is 0 Å². The molecule has 4 fully saturated rings. The summed E-state index contributed by atoms with van der Waals surface area (Å²) in [7, 11) is 0. The molecule has 1 N–H and O–H groups in total. The number of nitrogens with one attached hydrogen (secondary N) is 1. The minimum atomic E-state index is -0.438. The first-order valence-electron chi connectivity index (χ1n) is 13.0. The average molecular weight is 462 g/mol. The SMILES string of the molecule is CCOC(=O)[C@]1(C)CCC[C@@]2(C)[C@@H]3CC[C@@]4(C)C[C@]3(CC[C@@H]21)[C@H](COC(C)=O)[C@H]4NC(C)=O. The summed E-state index contributed by atoms with van der Waals surface area (Å²) >= 11 is 0. The second kappa shape index (κ2) is 8.27. The van der Waals surface area contributed by atoms with Gasteiger partial charge >= 0.3 is 11.9 Å². The van der Waals surface area contributed by atoms with Crippen LogP contribution in [-0.4, -0.2) is 37.1 Å². The van der Waals surface area contributed by atoms with Gasteiger partial charge in [-0.3, -0.25) is 14.4 Å². The molecule has 0 aromatic carbocycles. The largest absolute Gasteiger partial charge is 0.466 e. The molecule has 1 spiro atoms. The van der Waals surface area contributed by atoms with Crippen LogP contribution in [0.15, 0.2) is 0 Å². The first kappa shape index (κ1) is 24.5. The highest BCUT2D eigenvalue weighted by Gasteiger charge is 2.71. The van der Waals surface area contributed by atoms with Crippen molar-refractivity contribution < 1.29 is 23.9 Å². The van der Waals surface area contributed by atoms with Crippen LogP contribution in [0.4, 0.5) is 0 Å². The molecule has 0 heterocycles. The van der Waals surface area contributed by atoms with Gasteiger partial charge in [-0.1, -0.05) is 20.3 Å². The molecule has 0 aromatic rings. The van der Waals surface area contributed by atoms with Crippen LogP contribution in [0.5, 0.6) is 0 Å². The average Bonchev–Trinajstić information content (AvgIpc) is 2.88. The number of fused-ring (bicyclic) bond motifs is 3. The Hall–Kier alpha value is -1.59. The van der Waals surface area contributed by atoms with Crippen LogP contribution < -0.4 is 5.32 Å². The molecule has 4 aliphatic carbocycles. The first-order valence-corrected chi connectivity index (χ1v) is 13.0. The van der Waals surface area contributed by atoms with Gasteiger partial charge in [0.15, 0.2) is 0 Å². The fraction of sp³-hybridized carbons (Fsp3) is 0.889. The number of ether oxygens (including phenoxy) is 2. The molecule has 4 aliphatic rings. The van der Waals surface area contributed by atoms with Crippen molar-refractivity contribution >= 4 is 17.8 Å². The number of carbonyl (C=O) groups excluding carboxylic acids is 3. The van der Waals surface area contributed by atoms with Crippen LogP contribution in [0.3, 0.4) is 0 Å². The monoisotopic (exact) mass is 461 g/mol. The van der Waals surface area contributed by atoms with E-state index in [1.165, 1.54) is 6.92 Å². The second-order valence-corrected chi connectivity index (χ2v) is 12.3. The van der Waals surface area contributed by atoms with Crippen LogP contribution in [0, 0.1) is 39.4 Å². The van der Waals surface area contributed by atoms with Crippen molar-refractivity contribution in [3.8, 4) is 0 Å². The Morgan fingerprint density at radius 3 is 2.27 bits per heavy atom. The molecule has 4 saturated carbocycles. The van der Waals surface area contributed by atoms with E-state index in [4.69, 9.17) is 9.47 Å². The molecule has 33 heavy (non-hydrogen) atoms. The van der Waals surface area contributed by atoms with Gasteiger partial charge < -0.3 is 14.8 Å². The molecule has 6 nitrogen and oxygen atoms in total. The van der Waals surface area contributed by atoms with Gasteiger partial charge in [-0.05, 0) is 86.9 Å². The predicted molar refractivity (Wildman–Crippen MR) is 125 cm³/mol. The molecule has 0 aromatic heterocycles. The van der Waals surface area contributed by atoms with Crippen LogP contribution in [0.2, 0.25) is 0 Å². The summed E-state index contributed by atoms with van der Waals surface area (Å²) in [5.41, 5.74) is -0.367. The molecular formula is C27H43NO5. The fourth-order valence-electron chi connectivity index (χ4n) is 9.53. The number of hydrogen-bond donors (Lipinski definition) is 1. The molecule has 0 radical (unpaired) electrons. The van der Waals surface area contributed by atoms with E-state index >= 15 is 0 Å². The summed E-state index contributed by atoms with van der Waals surface area (Å²) in [6.07, 6.45) is 8.28. The highest BCUT2D eigenvalue weighted by molar-refractivity contribution is 5.77. The topological polar surface area (TPSA) is 81.7 Å². The Morgan fingerprint density at radius 2 is 1.64 bits per heavy atom. The van der Waals surface area contributed by atoms with Crippen LogP contribution in [-0.2, 0) is 23.9 Å². The minimum Gasteiger partial charge on any atom is -0.466 e. The van der Waals surface area contributed by atoms with E-state index in [1.807, 2.05) is 6.92 Å². The van der Waals surface area contributed by atoms with Crippen molar-refractivity contribution in [1.82, 2.24) is 5.32 Å². The van der Waals surface area contributed by atoms with Gasteiger partial charge in [-0.15, -0.1) is 0 Å². The summed E-state index contributed by atoms with van der Waals surface area (Å²) in [6.45, 7) is 12.6. The van der Waals surface area contributed by atoms with Crippen molar-refractivity contribution in [1.29, 1.82) is 0 Å². The van der Waals surface area contributed by atoms with E-state index in [1.54, 1.807) is 6.92 Å². The third-order valence-electron chi connectivity index (χ3n) is 10.6. The smallest absolute Gasteiger partial charge is 0.312 e. The Labute approximate surface area is 198 Å². The zero-order chi connectivity index (χ0) is 24.2. The highest BCUT2D eigenvalue weighted by Crippen LogP contribution is 2.75. The zero-order valence-electron chi connectivity index (χ0n) is 21.4. The van der Waals surface area contributed by atoms with Crippen molar-refractivity contribution in [2.45, 2.75) is 99.0 Å². The number of carbonyl (C=O) groups is 3. The van der Waals surface area contributed by atoms with E-state index in [-0.39, 0.29) is 46.1 Å². The molecule has 2 bridgehead atoms. The number of rotatable bonds is 5. The molecule has 186 valence electrons. The maximum atomic E-state index is 13.2. The van der Waals surface area contributed by atoms with Gasteiger partial charge in [0.1, 0.15) is 0 Å². The van der Waals surface area contributed by atoms with Crippen molar-refractivity contribution in [3.05, 3.63) is 0 Å². The van der Waals surface area contributed by atoms with Crippen LogP contribution >= 0.6 is 0 Å². The van der Waals surface area contributed by atoms with Crippen LogP contribution in [0.1, 0.15) is 92.9 Å². The normalized spacial score (nSPS) is 46.0. The quantitative estimate of drug-likeness (QED) is 0.603. The molecule has 8 atom stereocenters.